The van der Waals surface area contributed by atoms with E-state index in [4.69, 9.17) is 39.5 Å². The zero-order chi connectivity index (χ0) is 21.1. The minimum Gasteiger partial charge on any atom is -0.454 e. The highest BCUT2D eigenvalue weighted by molar-refractivity contribution is 6.40. The molecule has 0 N–H and O–H groups in total. The van der Waals surface area contributed by atoms with Crippen molar-refractivity contribution in [2.24, 2.45) is 0 Å². The first-order valence-electron chi connectivity index (χ1n) is 9.00. The number of aromatic nitrogens is 1. The highest BCUT2D eigenvalue weighted by atomic mass is 35.5. The van der Waals surface area contributed by atoms with Crippen molar-refractivity contribution in [2.45, 2.75) is 0 Å². The fraction of sp³-hybridized carbons (Fsp3) is 0.0435. The number of halogens is 3. The quantitative estimate of drug-likeness (QED) is 0.280. The number of hydrogen-bond donors (Lipinski definition) is 0. The molecule has 0 radical (unpaired) electrons. The Morgan fingerprint density at radius 3 is 2.47 bits per heavy atom. The summed E-state index contributed by atoms with van der Waals surface area (Å²) in [5.41, 5.74) is 2.55. The van der Waals surface area contributed by atoms with Crippen molar-refractivity contribution in [3.05, 3.63) is 89.6 Å². The summed E-state index contributed by atoms with van der Waals surface area (Å²) < 4.78 is 6.05. The van der Waals surface area contributed by atoms with Gasteiger partial charge in [0.2, 0.25) is 0 Å². The summed E-state index contributed by atoms with van der Waals surface area (Å²) in [5.74, 6) is 0.847. The molecule has 30 heavy (non-hydrogen) atoms. The Kier molecular flexibility index (Phi) is 6.09. The Hall–Kier alpha value is -2.79. The van der Waals surface area contributed by atoms with Crippen LogP contribution in [0.15, 0.2) is 79.0 Å². The van der Waals surface area contributed by atoms with Gasteiger partial charge in [0.1, 0.15) is 5.75 Å². The Balaban J connectivity index is 0.000000687. The third-order valence-corrected chi connectivity index (χ3v) is 4.79. The molecule has 5 rings (SSSR count). The van der Waals surface area contributed by atoms with E-state index in [0.717, 1.165) is 10.9 Å². The third kappa shape index (κ3) is 3.82. The van der Waals surface area contributed by atoms with Crippen LogP contribution in [0.4, 0.5) is 11.4 Å². The zero-order valence-corrected chi connectivity index (χ0v) is 17.8. The van der Waals surface area contributed by atoms with E-state index in [1.54, 1.807) is 41.4 Å². The molecule has 4 aromatic rings. The van der Waals surface area contributed by atoms with Crippen LogP contribution in [0.2, 0.25) is 5.02 Å². The van der Waals surface area contributed by atoms with Gasteiger partial charge in [0.15, 0.2) is 5.75 Å². The van der Waals surface area contributed by atoms with Crippen molar-refractivity contribution < 1.29 is 9.53 Å². The number of amides is 1. The number of rotatable bonds is 1. The molecule has 0 saturated carbocycles. The largest absolute Gasteiger partial charge is 0.454 e. The van der Waals surface area contributed by atoms with Crippen molar-refractivity contribution in [1.82, 2.24) is 4.98 Å². The van der Waals surface area contributed by atoms with Crippen LogP contribution in [0.1, 0.15) is 10.4 Å². The van der Waals surface area contributed by atoms with Gasteiger partial charge in [0, 0.05) is 22.7 Å². The average molecular weight is 458 g/mol. The summed E-state index contributed by atoms with van der Waals surface area (Å²) >= 11 is 15.7. The van der Waals surface area contributed by atoms with Gasteiger partial charge in [-0.1, -0.05) is 41.9 Å². The van der Waals surface area contributed by atoms with Crippen LogP contribution in [-0.2, 0) is 0 Å². The van der Waals surface area contributed by atoms with Gasteiger partial charge in [-0.25, -0.2) is 0 Å². The summed E-state index contributed by atoms with van der Waals surface area (Å²) in [5, 5.41) is 1.69. The molecule has 0 spiro atoms. The van der Waals surface area contributed by atoms with E-state index in [1.807, 2.05) is 42.5 Å². The number of para-hydroxylation sites is 2. The van der Waals surface area contributed by atoms with E-state index < -0.39 is 0 Å². The lowest BCUT2D eigenvalue weighted by atomic mass is 10.1. The van der Waals surface area contributed by atoms with Gasteiger partial charge >= 0.3 is 0 Å². The van der Waals surface area contributed by atoms with Crippen LogP contribution in [-0.4, -0.2) is 16.2 Å². The second-order valence-corrected chi connectivity index (χ2v) is 7.55. The van der Waals surface area contributed by atoms with E-state index in [2.05, 4.69) is 4.98 Å². The molecule has 0 bridgehead atoms. The SMILES string of the molecule is ClCCl.O=C1c2ccccc2Oc2cc(Cl)ccc2N1c1cccc2cccnc12. The van der Waals surface area contributed by atoms with Crippen LogP contribution >= 0.6 is 34.8 Å². The van der Waals surface area contributed by atoms with Gasteiger partial charge in [0.25, 0.3) is 5.91 Å². The number of hydrogen-bond acceptors (Lipinski definition) is 3. The molecule has 0 unspecified atom stereocenters. The molecule has 0 aliphatic carbocycles. The molecule has 2 heterocycles. The molecule has 0 atom stereocenters. The van der Waals surface area contributed by atoms with E-state index >= 15 is 0 Å². The third-order valence-electron chi connectivity index (χ3n) is 4.56. The molecule has 1 aliphatic rings. The lowest BCUT2D eigenvalue weighted by Gasteiger charge is -2.23. The van der Waals surface area contributed by atoms with Crippen LogP contribution in [0, 0.1) is 0 Å². The van der Waals surface area contributed by atoms with Crippen LogP contribution in [0.5, 0.6) is 11.5 Å². The first-order valence-corrected chi connectivity index (χ1v) is 10.5. The molecule has 1 amide bonds. The number of carbonyl (C=O) groups is 1. The maximum Gasteiger partial charge on any atom is 0.266 e. The first-order chi connectivity index (χ1) is 14.6. The standard InChI is InChI=1S/C22H13ClN2O2.CH2Cl2/c23-15-10-11-17-20(13-15)27-19-9-2-1-7-16(19)22(26)25(17)18-8-3-5-14-6-4-12-24-21(14)18;2-1-3/h1-13H;1H2. The molecule has 0 saturated heterocycles. The maximum atomic E-state index is 13.5. The minimum atomic E-state index is -0.176. The lowest BCUT2D eigenvalue weighted by molar-refractivity contribution is 0.0999. The highest BCUT2D eigenvalue weighted by Crippen LogP contribution is 2.44. The average Bonchev–Trinajstić information content (AvgIpc) is 2.88. The van der Waals surface area contributed by atoms with Gasteiger partial charge < -0.3 is 4.74 Å². The Morgan fingerprint density at radius 1 is 0.867 bits per heavy atom. The van der Waals surface area contributed by atoms with Crippen molar-refractivity contribution in [1.29, 1.82) is 0 Å². The molecule has 150 valence electrons. The van der Waals surface area contributed by atoms with E-state index in [-0.39, 0.29) is 11.2 Å². The fourth-order valence-electron chi connectivity index (χ4n) is 3.34. The second-order valence-electron chi connectivity index (χ2n) is 6.30. The van der Waals surface area contributed by atoms with Crippen LogP contribution in [0.25, 0.3) is 10.9 Å². The van der Waals surface area contributed by atoms with Gasteiger partial charge in [-0.15, -0.1) is 23.2 Å². The summed E-state index contributed by atoms with van der Waals surface area (Å²) in [6.07, 6.45) is 1.72. The van der Waals surface area contributed by atoms with Crippen LogP contribution in [0.3, 0.4) is 0 Å². The summed E-state index contributed by atoms with van der Waals surface area (Å²) in [6.45, 7) is 0. The Labute approximate surface area is 188 Å². The molecule has 4 nitrogen and oxygen atoms in total. The van der Waals surface area contributed by atoms with Gasteiger partial charge in [-0.05, 0) is 36.4 Å². The number of alkyl halides is 2. The van der Waals surface area contributed by atoms with Gasteiger partial charge in [-0.2, -0.15) is 0 Å². The summed E-state index contributed by atoms with van der Waals surface area (Å²) in [4.78, 5) is 19.7. The predicted octanol–water partition coefficient (Wildman–Crippen LogP) is 7.39. The number of pyridine rings is 1. The monoisotopic (exact) mass is 456 g/mol. The van der Waals surface area contributed by atoms with Crippen molar-refractivity contribution in [3.8, 4) is 11.5 Å². The van der Waals surface area contributed by atoms with E-state index in [9.17, 15) is 4.79 Å². The number of benzene rings is 3. The molecule has 1 aliphatic heterocycles. The predicted molar refractivity (Wildman–Crippen MR) is 123 cm³/mol. The number of anilines is 2. The maximum absolute atomic E-state index is 13.5. The second kappa shape index (κ2) is 8.92. The number of fused-ring (bicyclic) bond motifs is 3. The normalized spacial score (nSPS) is 12.2. The number of carbonyl (C=O) groups excluding carboxylic acids is 1. The molecule has 1 aromatic heterocycles. The first kappa shape index (κ1) is 20.5. The minimum absolute atomic E-state index is 0.176. The van der Waals surface area contributed by atoms with Crippen LogP contribution < -0.4 is 9.64 Å². The summed E-state index contributed by atoms with van der Waals surface area (Å²) in [6, 6.07) is 22.1. The van der Waals surface area contributed by atoms with Crippen molar-refractivity contribution in [2.75, 3.05) is 10.2 Å². The Bertz CT molecular complexity index is 1220. The van der Waals surface area contributed by atoms with Crippen molar-refractivity contribution in [3.63, 3.8) is 0 Å². The molecule has 3 aromatic carbocycles. The fourth-order valence-corrected chi connectivity index (χ4v) is 3.50. The number of nitrogens with zero attached hydrogens (tertiary/aromatic N) is 2. The highest BCUT2D eigenvalue weighted by Gasteiger charge is 2.30. The Morgan fingerprint density at radius 2 is 1.63 bits per heavy atom. The molecular weight excluding hydrogens is 443 g/mol. The molecular formula is C23H15Cl3N2O2. The van der Waals surface area contributed by atoms with Gasteiger partial charge in [-0.3, -0.25) is 14.7 Å². The molecule has 7 heteroatoms. The molecule has 0 fully saturated rings. The van der Waals surface area contributed by atoms with Gasteiger partial charge in [0.05, 0.1) is 27.8 Å². The van der Waals surface area contributed by atoms with E-state index in [0.29, 0.717) is 33.5 Å². The lowest BCUT2D eigenvalue weighted by Crippen LogP contribution is -2.25. The van der Waals surface area contributed by atoms with E-state index in [1.165, 1.54) is 0 Å². The zero-order valence-electron chi connectivity index (χ0n) is 15.6. The smallest absolute Gasteiger partial charge is 0.266 e. The topological polar surface area (TPSA) is 42.4 Å². The van der Waals surface area contributed by atoms with Crippen molar-refractivity contribution >= 4 is 63.0 Å². The number of ether oxygens (including phenoxy) is 1. The summed E-state index contributed by atoms with van der Waals surface area (Å²) in [7, 11) is 0.